The average Bonchev–Trinajstić information content (AvgIpc) is 3.46. The summed E-state index contributed by atoms with van der Waals surface area (Å²) in [6, 6.07) is 21.1. The molecule has 0 bridgehead atoms. The van der Waals surface area contributed by atoms with Crippen LogP contribution in [0.15, 0.2) is 77.4 Å². The van der Waals surface area contributed by atoms with Gasteiger partial charge in [-0.15, -0.1) is 0 Å². The zero-order chi connectivity index (χ0) is 22.1. The maximum atomic E-state index is 13.6. The SMILES string of the molecule is C[C@]1(C(=O)NCc2ccccc2)Cn2c(nc3ccccc32)C(=O)N1CCc1ccco1. The van der Waals surface area contributed by atoms with Gasteiger partial charge >= 0.3 is 0 Å². The van der Waals surface area contributed by atoms with Crippen LogP contribution in [0.2, 0.25) is 0 Å². The number of fused-ring (bicyclic) bond motifs is 3. The lowest BCUT2D eigenvalue weighted by Crippen LogP contribution is -2.64. The number of hydrogen-bond acceptors (Lipinski definition) is 4. The summed E-state index contributed by atoms with van der Waals surface area (Å²) in [6.45, 7) is 2.90. The molecule has 1 N–H and O–H groups in total. The molecule has 0 aliphatic carbocycles. The maximum Gasteiger partial charge on any atom is 0.290 e. The van der Waals surface area contributed by atoms with E-state index in [1.165, 1.54) is 0 Å². The average molecular weight is 428 g/mol. The van der Waals surface area contributed by atoms with E-state index in [1.807, 2.05) is 78.2 Å². The van der Waals surface area contributed by atoms with Gasteiger partial charge in [0.25, 0.3) is 5.91 Å². The van der Waals surface area contributed by atoms with Gasteiger partial charge in [-0.05, 0) is 36.8 Å². The second kappa shape index (κ2) is 8.00. The number of hydrogen-bond donors (Lipinski definition) is 1. The molecule has 2 aromatic heterocycles. The topological polar surface area (TPSA) is 80.4 Å². The summed E-state index contributed by atoms with van der Waals surface area (Å²) in [5.41, 5.74) is 1.52. The molecule has 2 amide bonds. The van der Waals surface area contributed by atoms with Crippen molar-refractivity contribution in [2.24, 2.45) is 0 Å². The number of carbonyl (C=O) groups is 2. The van der Waals surface area contributed by atoms with Gasteiger partial charge in [-0.3, -0.25) is 9.59 Å². The van der Waals surface area contributed by atoms with Gasteiger partial charge in [0.1, 0.15) is 11.3 Å². The molecule has 1 aliphatic rings. The second-order valence-electron chi connectivity index (χ2n) is 8.24. The Morgan fingerprint density at radius 1 is 1.09 bits per heavy atom. The van der Waals surface area contributed by atoms with Crippen molar-refractivity contribution in [3.63, 3.8) is 0 Å². The molecule has 3 heterocycles. The lowest BCUT2D eigenvalue weighted by atomic mass is 9.94. The Kier molecular flexibility index (Phi) is 5.01. The van der Waals surface area contributed by atoms with Crippen molar-refractivity contribution in [2.45, 2.75) is 32.0 Å². The minimum Gasteiger partial charge on any atom is -0.469 e. The highest BCUT2D eigenvalue weighted by Crippen LogP contribution is 2.31. The Morgan fingerprint density at radius 2 is 1.88 bits per heavy atom. The summed E-state index contributed by atoms with van der Waals surface area (Å²) < 4.78 is 7.32. The molecule has 4 aromatic rings. The fraction of sp³-hybridized carbons (Fsp3) is 0.240. The van der Waals surface area contributed by atoms with E-state index < -0.39 is 5.54 Å². The quantitative estimate of drug-likeness (QED) is 0.510. The van der Waals surface area contributed by atoms with E-state index in [2.05, 4.69) is 10.3 Å². The summed E-state index contributed by atoms with van der Waals surface area (Å²) in [6.07, 6.45) is 2.12. The largest absolute Gasteiger partial charge is 0.469 e. The van der Waals surface area contributed by atoms with Gasteiger partial charge in [-0.1, -0.05) is 42.5 Å². The van der Waals surface area contributed by atoms with Crippen molar-refractivity contribution >= 4 is 22.8 Å². The molecule has 0 radical (unpaired) electrons. The first-order chi connectivity index (χ1) is 15.6. The van der Waals surface area contributed by atoms with E-state index in [4.69, 9.17) is 4.42 Å². The molecular weight excluding hydrogens is 404 g/mol. The Labute approximate surface area is 185 Å². The van der Waals surface area contributed by atoms with E-state index in [0.29, 0.717) is 31.9 Å². The van der Waals surface area contributed by atoms with Gasteiger partial charge in [0.05, 0.1) is 23.8 Å². The smallest absolute Gasteiger partial charge is 0.290 e. The predicted octanol–water partition coefficient (Wildman–Crippen LogP) is 3.40. The van der Waals surface area contributed by atoms with Crippen LogP contribution in [0.1, 0.15) is 28.9 Å². The first kappa shape index (κ1) is 20.1. The third-order valence-corrected chi connectivity index (χ3v) is 6.10. The van der Waals surface area contributed by atoms with Gasteiger partial charge in [0, 0.05) is 19.5 Å². The Morgan fingerprint density at radius 3 is 2.66 bits per heavy atom. The van der Waals surface area contributed by atoms with Crippen molar-refractivity contribution in [3.8, 4) is 0 Å². The number of furan rings is 1. The molecule has 32 heavy (non-hydrogen) atoms. The fourth-order valence-corrected chi connectivity index (χ4v) is 4.33. The molecule has 5 rings (SSSR count). The third-order valence-electron chi connectivity index (χ3n) is 6.10. The number of aromatic nitrogens is 2. The molecule has 1 atom stereocenters. The summed E-state index contributed by atoms with van der Waals surface area (Å²) in [4.78, 5) is 33.3. The molecule has 162 valence electrons. The summed E-state index contributed by atoms with van der Waals surface area (Å²) in [5.74, 6) is 0.678. The van der Waals surface area contributed by atoms with Crippen molar-refractivity contribution < 1.29 is 14.0 Å². The van der Waals surface area contributed by atoms with Crippen LogP contribution in [0.5, 0.6) is 0 Å². The third kappa shape index (κ3) is 3.45. The first-order valence-corrected chi connectivity index (χ1v) is 10.7. The number of rotatable bonds is 6. The fourth-order valence-electron chi connectivity index (χ4n) is 4.33. The lowest BCUT2D eigenvalue weighted by Gasteiger charge is -2.43. The molecule has 0 saturated carbocycles. The molecule has 2 aromatic carbocycles. The molecule has 0 unspecified atom stereocenters. The molecular formula is C25H24N4O3. The summed E-state index contributed by atoms with van der Waals surface area (Å²) >= 11 is 0. The maximum absolute atomic E-state index is 13.6. The molecule has 1 aliphatic heterocycles. The number of amides is 2. The minimum absolute atomic E-state index is 0.197. The number of benzene rings is 2. The van der Waals surface area contributed by atoms with Gasteiger partial charge < -0.3 is 19.2 Å². The number of nitrogens with one attached hydrogen (secondary N) is 1. The van der Waals surface area contributed by atoms with Crippen molar-refractivity contribution in [2.75, 3.05) is 6.54 Å². The summed E-state index contributed by atoms with van der Waals surface area (Å²) in [5, 5.41) is 3.03. The molecule has 0 fully saturated rings. The van der Waals surface area contributed by atoms with Gasteiger partial charge in [0.15, 0.2) is 5.82 Å². The van der Waals surface area contributed by atoms with Crippen LogP contribution in [0.25, 0.3) is 11.0 Å². The molecule has 0 saturated heterocycles. The number of imidazole rings is 1. The zero-order valence-electron chi connectivity index (χ0n) is 17.8. The van der Waals surface area contributed by atoms with E-state index in [1.54, 1.807) is 11.2 Å². The highest BCUT2D eigenvalue weighted by molar-refractivity contribution is 6.01. The Hall–Kier alpha value is -3.87. The van der Waals surface area contributed by atoms with Crippen LogP contribution in [0.4, 0.5) is 0 Å². The van der Waals surface area contributed by atoms with Crippen LogP contribution in [-0.2, 0) is 24.3 Å². The van der Waals surface area contributed by atoms with Crippen LogP contribution in [-0.4, -0.2) is 38.3 Å². The van der Waals surface area contributed by atoms with Crippen molar-refractivity contribution in [1.82, 2.24) is 19.8 Å². The number of nitrogens with zero attached hydrogens (tertiary/aromatic N) is 3. The molecule has 0 spiro atoms. The highest BCUT2D eigenvalue weighted by atomic mass is 16.3. The first-order valence-electron chi connectivity index (χ1n) is 10.7. The van der Waals surface area contributed by atoms with E-state index in [0.717, 1.165) is 22.4 Å². The molecule has 7 nitrogen and oxygen atoms in total. The van der Waals surface area contributed by atoms with Gasteiger partial charge in [0.2, 0.25) is 5.91 Å². The summed E-state index contributed by atoms with van der Waals surface area (Å²) in [7, 11) is 0. The van der Waals surface area contributed by atoms with Crippen LogP contribution in [0, 0.1) is 0 Å². The van der Waals surface area contributed by atoms with Crippen molar-refractivity contribution in [3.05, 3.63) is 90.1 Å². The van der Waals surface area contributed by atoms with Gasteiger partial charge in [-0.2, -0.15) is 0 Å². The standard InChI is InChI=1S/C25H24N4O3/c1-25(24(31)26-16-18-8-3-2-4-9-18)17-28-21-12-6-5-11-20(21)27-22(28)23(30)29(25)14-13-19-10-7-15-32-19/h2-12,15H,13-14,16-17H2,1H3,(H,26,31)/t25-/m1/s1. The zero-order valence-corrected chi connectivity index (χ0v) is 17.8. The Bertz CT molecular complexity index is 1260. The number of carbonyl (C=O) groups excluding carboxylic acids is 2. The normalized spacial score (nSPS) is 18.0. The van der Waals surface area contributed by atoms with Gasteiger partial charge in [-0.25, -0.2) is 4.98 Å². The van der Waals surface area contributed by atoms with Crippen molar-refractivity contribution in [1.29, 1.82) is 0 Å². The Balaban J connectivity index is 1.49. The minimum atomic E-state index is -1.07. The second-order valence-corrected chi connectivity index (χ2v) is 8.24. The monoisotopic (exact) mass is 428 g/mol. The van der Waals surface area contributed by atoms with Crippen LogP contribution < -0.4 is 5.32 Å². The van der Waals surface area contributed by atoms with Crippen LogP contribution >= 0.6 is 0 Å². The highest BCUT2D eigenvalue weighted by Gasteiger charge is 2.48. The van der Waals surface area contributed by atoms with E-state index in [-0.39, 0.29) is 11.8 Å². The van der Waals surface area contributed by atoms with E-state index in [9.17, 15) is 9.59 Å². The predicted molar refractivity (Wildman–Crippen MR) is 120 cm³/mol. The van der Waals surface area contributed by atoms with E-state index >= 15 is 0 Å². The van der Waals surface area contributed by atoms with Crippen LogP contribution in [0.3, 0.4) is 0 Å². The molecule has 7 heteroatoms. The number of para-hydroxylation sites is 2. The lowest BCUT2D eigenvalue weighted by molar-refractivity contribution is -0.133.